The van der Waals surface area contributed by atoms with Crippen LogP contribution in [0.25, 0.3) is 0 Å². The van der Waals surface area contributed by atoms with Gasteiger partial charge in [-0.3, -0.25) is 5.84 Å². The number of aryl methyl sites for hydroxylation is 2. The molecule has 4 nitrogen and oxygen atoms in total. The van der Waals surface area contributed by atoms with Crippen molar-refractivity contribution in [3.63, 3.8) is 0 Å². The Morgan fingerprint density at radius 2 is 1.85 bits per heavy atom. The van der Waals surface area contributed by atoms with Gasteiger partial charge < -0.3 is 0 Å². The van der Waals surface area contributed by atoms with E-state index in [0.29, 0.717) is 0 Å². The van der Waals surface area contributed by atoms with Crippen LogP contribution in [0.5, 0.6) is 0 Å². The highest BCUT2D eigenvalue weighted by molar-refractivity contribution is 7.05. The van der Waals surface area contributed by atoms with Gasteiger partial charge in [0.15, 0.2) is 0 Å². The number of nitrogens with zero attached hydrogens (tertiary/aromatic N) is 2. The van der Waals surface area contributed by atoms with E-state index in [0.717, 1.165) is 41.8 Å². The fraction of sp³-hybridized carbons (Fsp3) is 0.467. The van der Waals surface area contributed by atoms with E-state index in [-0.39, 0.29) is 6.04 Å². The molecule has 0 saturated carbocycles. The first-order valence-electron chi connectivity index (χ1n) is 7.16. The number of hydrogen-bond donors (Lipinski definition) is 2. The van der Waals surface area contributed by atoms with E-state index in [4.69, 9.17) is 5.84 Å². The number of hydrazine groups is 1. The van der Waals surface area contributed by atoms with E-state index in [1.54, 1.807) is 0 Å². The summed E-state index contributed by atoms with van der Waals surface area (Å²) in [5.41, 5.74) is 6.48. The minimum absolute atomic E-state index is 0.0211. The maximum Gasteiger partial charge on any atom is 0.0837 e. The third kappa shape index (κ3) is 3.42. The smallest absolute Gasteiger partial charge is 0.0837 e. The normalized spacial score (nSPS) is 12.6. The quantitative estimate of drug-likeness (QED) is 0.608. The van der Waals surface area contributed by atoms with Crippen molar-refractivity contribution in [1.29, 1.82) is 0 Å². The number of benzene rings is 1. The van der Waals surface area contributed by atoms with Crippen molar-refractivity contribution in [2.45, 2.75) is 45.6 Å². The first kappa shape index (κ1) is 15.1. The molecule has 2 rings (SSSR count). The van der Waals surface area contributed by atoms with Crippen LogP contribution in [0.3, 0.4) is 0 Å². The molecule has 0 aliphatic rings. The van der Waals surface area contributed by atoms with Crippen molar-refractivity contribution in [3.8, 4) is 0 Å². The Morgan fingerprint density at radius 3 is 2.45 bits per heavy atom. The van der Waals surface area contributed by atoms with Crippen molar-refractivity contribution in [2.24, 2.45) is 5.84 Å². The van der Waals surface area contributed by atoms with Crippen LogP contribution in [0, 0.1) is 0 Å². The molecule has 0 spiro atoms. The van der Waals surface area contributed by atoms with Crippen molar-refractivity contribution in [2.75, 3.05) is 0 Å². The molecule has 5 heteroatoms. The highest BCUT2D eigenvalue weighted by atomic mass is 32.1. The predicted octanol–water partition coefficient (Wildman–Crippen LogP) is 3.00. The summed E-state index contributed by atoms with van der Waals surface area (Å²) in [5.74, 6) is 5.76. The van der Waals surface area contributed by atoms with Gasteiger partial charge in [-0.15, -0.1) is 5.10 Å². The molecule has 0 radical (unpaired) electrons. The lowest BCUT2D eigenvalue weighted by Gasteiger charge is -2.16. The Morgan fingerprint density at radius 1 is 1.15 bits per heavy atom. The fourth-order valence-corrected chi connectivity index (χ4v) is 3.12. The largest absolute Gasteiger partial charge is 0.271 e. The van der Waals surface area contributed by atoms with E-state index in [9.17, 15) is 0 Å². The molecule has 20 heavy (non-hydrogen) atoms. The first-order chi connectivity index (χ1) is 9.80. The first-order valence-corrected chi connectivity index (χ1v) is 7.93. The zero-order valence-corrected chi connectivity index (χ0v) is 12.9. The maximum atomic E-state index is 5.76. The molecule has 3 N–H and O–H groups in total. The predicted molar refractivity (Wildman–Crippen MR) is 83.5 cm³/mol. The Labute approximate surface area is 124 Å². The van der Waals surface area contributed by atoms with Crippen molar-refractivity contribution in [3.05, 3.63) is 46.0 Å². The molecule has 0 amide bonds. The highest BCUT2D eigenvalue weighted by Gasteiger charge is 2.19. The Kier molecular flexibility index (Phi) is 5.64. The third-order valence-electron chi connectivity index (χ3n) is 3.35. The van der Waals surface area contributed by atoms with Crippen LogP contribution in [0.4, 0.5) is 0 Å². The van der Waals surface area contributed by atoms with Crippen molar-refractivity contribution in [1.82, 2.24) is 15.0 Å². The molecular weight excluding hydrogens is 268 g/mol. The standard InChI is InChI=1S/C15H22N4S/c1-3-5-11-7-9-12(10-8-11)14(17-16)15-13(6-4-2)18-19-20-15/h7-10,14,17H,3-6,16H2,1-2H3. The summed E-state index contributed by atoms with van der Waals surface area (Å²) in [6.45, 7) is 4.34. The molecule has 1 aromatic carbocycles. The SMILES string of the molecule is CCCc1ccc(C(NN)c2snnc2CCC)cc1. The van der Waals surface area contributed by atoms with Crippen LogP contribution >= 0.6 is 11.5 Å². The van der Waals surface area contributed by atoms with Gasteiger partial charge in [0.25, 0.3) is 0 Å². The third-order valence-corrected chi connectivity index (χ3v) is 4.18. The van der Waals surface area contributed by atoms with E-state index in [1.165, 1.54) is 17.1 Å². The molecule has 1 heterocycles. The lowest BCUT2D eigenvalue weighted by molar-refractivity contribution is 0.636. The number of nitrogens with two attached hydrogens (primary N) is 1. The molecule has 0 saturated heterocycles. The average Bonchev–Trinajstić information content (AvgIpc) is 2.91. The number of nitrogens with one attached hydrogen (secondary N) is 1. The van der Waals surface area contributed by atoms with Crippen LogP contribution in [0.2, 0.25) is 0 Å². The van der Waals surface area contributed by atoms with E-state index < -0.39 is 0 Å². The molecule has 2 aromatic rings. The summed E-state index contributed by atoms with van der Waals surface area (Å²) >= 11 is 1.43. The van der Waals surface area contributed by atoms with Gasteiger partial charge in [-0.2, -0.15) is 0 Å². The van der Waals surface area contributed by atoms with Gasteiger partial charge in [0.2, 0.25) is 0 Å². The molecule has 0 aliphatic heterocycles. The highest BCUT2D eigenvalue weighted by Crippen LogP contribution is 2.27. The van der Waals surface area contributed by atoms with Gasteiger partial charge in [-0.25, -0.2) is 5.43 Å². The topological polar surface area (TPSA) is 63.8 Å². The summed E-state index contributed by atoms with van der Waals surface area (Å²) in [6, 6.07) is 8.62. The van der Waals surface area contributed by atoms with Crippen LogP contribution in [0.15, 0.2) is 24.3 Å². The van der Waals surface area contributed by atoms with Gasteiger partial charge in [-0.05, 0) is 35.5 Å². The monoisotopic (exact) mass is 290 g/mol. The molecule has 0 bridgehead atoms. The van der Waals surface area contributed by atoms with E-state index >= 15 is 0 Å². The molecule has 1 atom stereocenters. The number of hydrogen-bond acceptors (Lipinski definition) is 5. The Balaban J connectivity index is 2.24. The van der Waals surface area contributed by atoms with Crippen LogP contribution in [-0.2, 0) is 12.8 Å². The molecule has 1 unspecified atom stereocenters. The van der Waals surface area contributed by atoms with Gasteiger partial charge in [-0.1, -0.05) is 55.4 Å². The second kappa shape index (κ2) is 7.47. The number of rotatable bonds is 7. The second-order valence-corrected chi connectivity index (χ2v) is 5.71. The zero-order valence-electron chi connectivity index (χ0n) is 12.1. The van der Waals surface area contributed by atoms with Gasteiger partial charge >= 0.3 is 0 Å². The number of aromatic nitrogens is 2. The average molecular weight is 290 g/mol. The van der Waals surface area contributed by atoms with Crippen LogP contribution in [-0.4, -0.2) is 9.59 Å². The molecular formula is C15H22N4S. The summed E-state index contributed by atoms with van der Waals surface area (Å²) in [7, 11) is 0. The van der Waals surface area contributed by atoms with Gasteiger partial charge in [0.1, 0.15) is 0 Å². The minimum Gasteiger partial charge on any atom is -0.271 e. The second-order valence-electron chi connectivity index (χ2n) is 4.93. The van der Waals surface area contributed by atoms with E-state index in [1.807, 2.05) is 0 Å². The molecule has 0 fully saturated rings. The molecule has 0 aliphatic carbocycles. The molecule has 1 aromatic heterocycles. The summed E-state index contributed by atoms with van der Waals surface area (Å²) in [6.07, 6.45) is 4.28. The van der Waals surface area contributed by atoms with Gasteiger partial charge in [0.05, 0.1) is 16.6 Å². The lowest BCUT2D eigenvalue weighted by Crippen LogP contribution is -2.29. The van der Waals surface area contributed by atoms with Crippen molar-refractivity contribution < 1.29 is 0 Å². The zero-order chi connectivity index (χ0) is 14.4. The molecule has 108 valence electrons. The van der Waals surface area contributed by atoms with Crippen LogP contribution < -0.4 is 11.3 Å². The Bertz CT molecular complexity index is 521. The van der Waals surface area contributed by atoms with Crippen LogP contribution in [0.1, 0.15) is 54.4 Å². The fourth-order valence-electron chi connectivity index (χ4n) is 2.33. The summed E-state index contributed by atoms with van der Waals surface area (Å²) < 4.78 is 4.08. The summed E-state index contributed by atoms with van der Waals surface area (Å²) in [5, 5.41) is 4.22. The van der Waals surface area contributed by atoms with Gasteiger partial charge in [0, 0.05) is 0 Å². The Hall–Kier alpha value is -1.30. The van der Waals surface area contributed by atoms with E-state index in [2.05, 4.69) is 53.1 Å². The minimum atomic E-state index is -0.0211. The maximum absolute atomic E-state index is 5.76. The lowest BCUT2D eigenvalue weighted by atomic mass is 10.0. The van der Waals surface area contributed by atoms with Crippen molar-refractivity contribution >= 4 is 11.5 Å². The summed E-state index contributed by atoms with van der Waals surface area (Å²) in [4.78, 5) is 1.12.